The summed E-state index contributed by atoms with van der Waals surface area (Å²) in [6, 6.07) is 4.64. The fourth-order valence-corrected chi connectivity index (χ4v) is 2.36. The molecule has 0 bridgehead atoms. The summed E-state index contributed by atoms with van der Waals surface area (Å²) in [7, 11) is 0.762. The van der Waals surface area contributed by atoms with Crippen molar-refractivity contribution in [3.8, 4) is 5.75 Å². The van der Waals surface area contributed by atoms with Gasteiger partial charge in [0.1, 0.15) is 5.75 Å². The lowest BCUT2D eigenvalue weighted by Crippen LogP contribution is -2.41. The Morgan fingerprint density at radius 1 is 1.25 bits per heavy atom. The van der Waals surface area contributed by atoms with E-state index in [1.165, 1.54) is 13.2 Å². The number of aliphatic hydroxyl groups excluding tert-OH is 1. The average Bonchev–Trinajstić information content (AvgIpc) is 2.72. The fraction of sp³-hybridized carbons (Fsp3) is 0.471. The lowest BCUT2D eigenvalue weighted by molar-refractivity contribution is 0.00578. The van der Waals surface area contributed by atoms with E-state index in [0.29, 0.717) is 16.8 Å². The molecule has 1 aliphatic heterocycles. The Labute approximate surface area is 142 Å². The van der Waals surface area contributed by atoms with E-state index in [1.54, 1.807) is 18.2 Å². The molecular formula is C17H23BO6. The van der Waals surface area contributed by atoms with Gasteiger partial charge in [-0.1, -0.05) is 6.08 Å². The molecule has 0 saturated carbocycles. The minimum atomic E-state index is -1.06. The van der Waals surface area contributed by atoms with Gasteiger partial charge in [-0.3, -0.25) is 0 Å². The summed E-state index contributed by atoms with van der Waals surface area (Å²) >= 11 is 0. The Morgan fingerprint density at radius 2 is 1.83 bits per heavy atom. The lowest BCUT2D eigenvalue weighted by Gasteiger charge is -2.32. The highest BCUT2D eigenvalue weighted by atomic mass is 16.7. The normalized spacial score (nSPS) is 19.4. The number of ether oxygens (including phenoxy) is 1. The first-order chi connectivity index (χ1) is 11.1. The van der Waals surface area contributed by atoms with Crippen LogP contribution in [0.4, 0.5) is 0 Å². The molecule has 2 rings (SSSR count). The Bertz CT molecular complexity index is 649. The van der Waals surface area contributed by atoms with Crippen molar-refractivity contribution in [3.63, 3.8) is 0 Å². The van der Waals surface area contributed by atoms with Crippen LogP contribution in [-0.4, -0.2) is 48.2 Å². The molecule has 1 heterocycles. The molecule has 1 aromatic rings. The van der Waals surface area contributed by atoms with E-state index in [-0.39, 0.29) is 12.2 Å². The summed E-state index contributed by atoms with van der Waals surface area (Å²) in [5, 5.41) is 19.1. The van der Waals surface area contributed by atoms with Gasteiger partial charge in [-0.05, 0) is 56.9 Å². The number of carboxylic acid groups (broad SMARTS) is 1. The highest BCUT2D eigenvalue weighted by Gasteiger charge is 2.52. The summed E-state index contributed by atoms with van der Waals surface area (Å²) in [6.07, 6.45) is 1.58. The molecule has 1 saturated heterocycles. The van der Waals surface area contributed by atoms with Gasteiger partial charge in [0.2, 0.25) is 0 Å². The Balaban J connectivity index is 2.43. The summed E-state index contributed by atoms with van der Waals surface area (Å²) in [4.78, 5) is 11.4. The third kappa shape index (κ3) is 3.48. The first kappa shape index (κ1) is 18.5. The summed E-state index contributed by atoms with van der Waals surface area (Å²) in [5.74, 6) is -0.535. The second-order valence-electron chi connectivity index (χ2n) is 6.72. The van der Waals surface area contributed by atoms with E-state index in [0.717, 1.165) is 0 Å². The molecule has 130 valence electrons. The minimum absolute atomic E-state index is 0.110. The number of methoxy groups -OCH3 is 1. The van der Waals surface area contributed by atoms with Crippen LogP contribution in [0.2, 0.25) is 0 Å². The van der Waals surface area contributed by atoms with Crippen molar-refractivity contribution in [1.29, 1.82) is 0 Å². The third-order valence-corrected chi connectivity index (χ3v) is 4.57. The molecule has 2 N–H and O–H groups in total. The molecule has 0 unspecified atom stereocenters. The highest BCUT2D eigenvalue weighted by molar-refractivity contribution is 6.55. The minimum Gasteiger partial charge on any atom is -0.497 e. The van der Waals surface area contributed by atoms with Gasteiger partial charge in [0.15, 0.2) is 0 Å². The SMILES string of the molecule is COc1ccc(C(=O)O)c(C=C(CO)B2OC(C)(C)C(C)(C)O2)c1. The lowest BCUT2D eigenvalue weighted by atomic mass is 9.77. The van der Waals surface area contributed by atoms with Crippen LogP contribution in [0.1, 0.15) is 43.6 Å². The van der Waals surface area contributed by atoms with Crippen LogP contribution in [0.3, 0.4) is 0 Å². The van der Waals surface area contributed by atoms with Crippen LogP contribution >= 0.6 is 0 Å². The number of aromatic carboxylic acids is 1. The largest absolute Gasteiger partial charge is 0.497 e. The van der Waals surface area contributed by atoms with Crippen LogP contribution in [0.25, 0.3) is 6.08 Å². The van der Waals surface area contributed by atoms with Gasteiger partial charge in [-0.15, -0.1) is 0 Å². The Morgan fingerprint density at radius 3 is 2.29 bits per heavy atom. The van der Waals surface area contributed by atoms with Crippen molar-refractivity contribution < 1.29 is 29.1 Å². The fourth-order valence-electron chi connectivity index (χ4n) is 2.36. The topological polar surface area (TPSA) is 85.2 Å². The van der Waals surface area contributed by atoms with Crippen molar-refractivity contribution in [2.75, 3.05) is 13.7 Å². The molecule has 0 amide bonds. The Hall–Kier alpha value is -1.83. The number of benzene rings is 1. The predicted molar refractivity (Wildman–Crippen MR) is 91.1 cm³/mol. The van der Waals surface area contributed by atoms with E-state index in [2.05, 4.69) is 0 Å². The van der Waals surface area contributed by atoms with Gasteiger partial charge in [0.25, 0.3) is 0 Å². The second-order valence-corrected chi connectivity index (χ2v) is 6.72. The number of carbonyl (C=O) groups is 1. The van der Waals surface area contributed by atoms with Crippen molar-refractivity contribution >= 4 is 19.2 Å². The Kier molecular flexibility index (Phi) is 5.08. The van der Waals surface area contributed by atoms with Gasteiger partial charge in [0.05, 0.1) is 30.5 Å². The van der Waals surface area contributed by atoms with Crippen LogP contribution < -0.4 is 4.74 Å². The van der Waals surface area contributed by atoms with Gasteiger partial charge >= 0.3 is 13.1 Å². The van der Waals surface area contributed by atoms with Gasteiger partial charge in [0, 0.05) is 0 Å². The van der Waals surface area contributed by atoms with Gasteiger partial charge in [-0.2, -0.15) is 0 Å². The van der Waals surface area contributed by atoms with E-state index in [9.17, 15) is 15.0 Å². The molecule has 0 aliphatic carbocycles. The maximum absolute atomic E-state index is 11.4. The highest BCUT2D eigenvalue weighted by Crippen LogP contribution is 2.39. The zero-order valence-corrected chi connectivity index (χ0v) is 14.6. The molecule has 1 fully saturated rings. The monoisotopic (exact) mass is 334 g/mol. The molecule has 1 aromatic carbocycles. The van der Waals surface area contributed by atoms with E-state index >= 15 is 0 Å². The summed E-state index contributed by atoms with van der Waals surface area (Å²) < 4.78 is 17.0. The number of hydrogen-bond donors (Lipinski definition) is 2. The predicted octanol–water partition coefficient (Wildman–Crippen LogP) is 2.40. The molecular weight excluding hydrogens is 311 g/mol. The number of aliphatic hydroxyl groups is 1. The van der Waals surface area contributed by atoms with Crippen molar-refractivity contribution in [2.24, 2.45) is 0 Å². The maximum Gasteiger partial charge on any atom is 0.492 e. The van der Waals surface area contributed by atoms with Crippen LogP contribution in [0.5, 0.6) is 5.75 Å². The molecule has 1 aliphatic rings. The smallest absolute Gasteiger partial charge is 0.492 e. The van der Waals surface area contributed by atoms with Gasteiger partial charge in [-0.25, -0.2) is 4.79 Å². The average molecular weight is 334 g/mol. The van der Waals surface area contributed by atoms with Crippen molar-refractivity contribution in [3.05, 3.63) is 34.8 Å². The molecule has 0 spiro atoms. The summed E-state index contributed by atoms with van der Waals surface area (Å²) in [5.41, 5.74) is -0.116. The zero-order chi connectivity index (χ0) is 18.1. The number of hydrogen-bond acceptors (Lipinski definition) is 5. The van der Waals surface area contributed by atoms with Crippen LogP contribution in [0.15, 0.2) is 23.7 Å². The number of rotatable bonds is 5. The second kappa shape index (κ2) is 6.59. The van der Waals surface area contributed by atoms with Crippen LogP contribution in [0, 0.1) is 0 Å². The van der Waals surface area contributed by atoms with Crippen LogP contribution in [-0.2, 0) is 9.31 Å². The number of carboxylic acids is 1. The van der Waals surface area contributed by atoms with Gasteiger partial charge < -0.3 is 24.3 Å². The standard InChI is InChI=1S/C17H23BO6/c1-16(2)17(3,4)24-18(23-16)12(10-19)8-11-9-13(22-5)6-7-14(11)15(20)21/h6-9,19H,10H2,1-5H3,(H,20,21). The van der Waals surface area contributed by atoms with Crippen molar-refractivity contribution in [1.82, 2.24) is 0 Å². The summed E-state index contributed by atoms with van der Waals surface area (Å²) in [6.45, 7) is 7.34. The molecule has 7 heteroatoms. The van der Waals surface area contributed by atoms with E-state index in [1.807, 2.05) is 27.7 Å². The molecule has 24 heavy (non-hydrogen) atoms. The maximum atomic E-state index is 11.4. The molecule has 6 nitrogen and oxygen atoms in total. The van der Waals surface area contributed by atoms with E-state index in [4.69, 9.17) is 14.0 Å². The molecule has 0 atom stereocenters. The third-order valence-electron chi connectivity index (χ3n) is 4.57. The zero-order valence-electron chi connectivity index (χ0n) is 14.6. The van der Waals surface area contributed by atoms with E-state index < -0.39 is 24.3 Å². The first-order valence-corrected chi connectivity index (χ1v) is 7.69. The molecule has 0 radical (unpaired) electrons. The van der Waals surface area contributed by atoms with Crippen molar-refractivity contribution in [2.45, 2.75) is 38.9 Å². The quantitative estimate of drug-likeness (QED) is 0.805. The first-order valence-electron chi connectivity index (χ1n) is 7.69. The molecule has 0 aromatic heterocycles.